The van der Waals surface area contributed by atoms with Gasteiger partial charge in [0, 0.05) is 38.8 Å². The molecule has 33 heavy (non-hydrogen) atoms. The van der Waals surface area contributed by atoms with Crippen LogP contribution in [-0.2, 0) is 6.54 Å². The van der Waals surface area contributed by atoms with E-state index in [4.69, 9.17) is 9.15 Å². The molecule has 1 saturated heterocycles. The molecule has 4 aromatic rings. The van der Waals surface area contributed by atoms with Gasteiger partial charge in [-0.3, -0.25) is 9.69 Å². The van der Waals surface area contributed by atoms with E-state index in [0.717, 1.165) is 31.1 Å². The molecule has 1 fully saturated rings. The zero-order valence-corrected chi connectivity index (χ0v) is 18.6. The molecule has 7 nitrogen and oxygen atoms in total. The topological polar surface area (TPSA) is 63.7 Å². The Morgan fingerprint density at radius 2 is 1.73 bits per heavy atom. The summed E-state index contributed by atoms with van der Waals surface area (Å²) >= 11 is 0. The Morgan fingerprint density at radius 1 is 0.970 bits per heavy atom. The summed E-state index contributed by atoms with van der Waals surface area (Å²) in [6.07, 6.45) is 1.61. The Bertz CT molecular complexity index is 1190. The third-order valence-electron chi connectivity index (χ3n) is 5.93. The summed E-state index contributed by atoms with van der Waals surface area (Å²) in [4.78, 5) is 17.8. The van der Waals surface area contributed by atoms with Crippen LogP contribution in [0.15, 0.2) is 83.5 Å². The maximum atomic E-state index is 13.6. The lowest BCUT2D eigenvalue weighted by Gasteiger charge is -2.34. The molecule has 1 amide bonds. The summed E-state index contributed by atoms with van der Waals surface area (Å²) in [5, 5.41) is 4.69. The van der Waals surface area contributed by atoms with Gasteiger partial charge < -0.3 is 14.1 Å². The number of nitrogens with zero attached hydrogens (tertiary/aromatic N) is 4. The monoisotopic (exact) mass is 442 g/mol. The number of carbonyl (C=O) groups excluding carboxylic acids is 1. The number of carbonyl (C=O) groups is 1. The maximum Gasteiger partial charge on any atom is 0.272 e. The molecule has 0 spiro atoms. The van der Waals surface area contributed by atoms with E-state index < -0.39 is 0 Å². The largest absolute Gasteiger partial charge is 0.497 e. The second kappa shape index (κ2) is 9.34. The van der Waals surface area contributed by atoms with E-state index in [2.05, 4.69) is 34.3 Å². The van der Waals surface area contributed by atoms with E-state index in [9.17, 15) is 4.79 Å². The summed E-state index contributed by atoms with van der Waals surface area (Å²) in [5.74, 6) is 1.35. The average Bonchev–Trinajstić information content (AvgIpc) is 3.55. The maximum absolute atomic E-state index is 13.6. The Hall–Kier alpha value is -3.84. The molecule has 1 aliphatic heterocycles. The summed E-state index contributed by atoms with van der Waals surface area (Å²) in [6.45, 7) is 3.92. The highest BCUT2D eigenvalue weighted by Crippen LogP contribution is 2.24. The minimum Gasteiger partial charge on any atom is -0.497 e. The van der Waals surface area contributed by atoms with E-state index in [1.807, 2.05) is 53.4 Å². The lowest BCUT2D eigenvalue weighted by molar-refractivity contribution is 0.0619. The van der Waals surface area contributed by atoms with E-state index in [-0.39, 0.29) is 5.91 Å². The zero-order chi connectivity index (χ0) is 22.6. The van der Waals surface area contributed by atoms with Crippen molar-refractivity contribution in [3.05, 3.63) is 90.3 Å². The van der Waals surface area contributed by atoms with Gasteiger partial charge in [0.2, 0.25) is 0 Å². The zero-order valence-electron chi connectivity index (χ0n) is 18.6. The fraction of sp³-hybridized carbons (Fsp3) is 0.231. The SMILES string of the molecule is COc1ccc(-n2nc(-c3ccco3)cc2C(=O)N2CCN(Cc3ccccc3)CC2)cc1. The third-order valence-corrected chi connectivity index (χ3v) is 5.93. The fourth-order valence-corrected chi connectivity index (χ4v) is 4.11. The molecule has 0 aliphatic carbocycles. The number of benzene rings is 2. The molecular formula is C26H26N4O3. The van der Waals surface area contributed by atoms with Crippen LogP contribution >= 0.6 is 0 Å². The van der Waals surface area contributed by atoms with Gasteiger partial charge in [-0.1, -0.05) is 30.3 Å². The summed E-state index contributed by atoms with van der Waals surface area (Å²) < 4.78 is 12.5. The van der Waals surface area contributed by atoms with Crippen molar-refractivity contribution in [2.24, 2.45) is 0 Å². The van der Waals surface area contributed by atoms with Crippen molar-refractivity contribution in [1.29, 1.82) is 0 Å². The van der Waals surface area contributed by atoms with Gasteiger partial charge in [0.1, 0.15) is 17.1 Å². The second-order valence-corrected chi connectivity index (χ2v) is 8.06. The third kappa shape index (κ3) is 4.54. The van der Waals surface area contributed by atoms with Crippen LogP contribution in [0.5, 0.6) is 5.75 Å². The Balaban J connectivity index is 1.36. The first-order valence-electron chi connectivity index (χ1n) is 11.1. The number of furan rings is 1. The standard InChI is InChI=1S/C26H26N4O3/c1-32-22-11-9-21(10-12-22)30-24(18-23(27-30)25-8-5-17-33-25)26(31)29-15-13-28(14-16-29)19-20-6-3-2-4-7-20/h2-12,17-18H,13-16,19H2,1H3. The minimum absolute atomic E-state index is 0.0320. The van der Waals surface area contributed by atoms with E-state index in [0.29, 0.717) is 30.2 Å². The molecule has 0 saturated carbocycles. The van der Waals surface area contributed by atoms with Gasteiger partial charge in [0.05, 0.1) is 19.1 Å². The summed E-state index contributed by atoms with van der Waals surface area (Å²) in [6, 6.07) is 23.4. The number of amides is 1. The number of rotatable bonds is 6. The smallest absolute Gasteiger partial charge is 0.272 e. The Labute approximate surface area is 192 Å². The number of methoxy groups -OCH3 is 1. The molecule has 0 atom stereocenters. The molecule has 0 bridgehead atoms. The first-order valence-corrected chi connectivity index (χ1v) is 11.1. The second-order valence-electron chi connectivity index (χ2n) is 8.06. The quantitative estimate of drug-likeness (QED) is 0.450. The van der Waals surface area contributed by atoms with Crippen LogP contribution in [0.4, 0.5) is 0 Å². The van der Waals surface area contributed by atoms with Crippen LogP contribution in [0.25, 0.3) is 17.1 Å². The van der Waals surface area contributed by atoms with Gasteiger partial charge in [-0.25, -0.2) is 4.68 Å². The number of ether oxygens (including phenoxy) is 1. The first kappa shape index (κ1) is 21.0. The number of aromatic nitrogens is 2. The molecule has 5 rings (SSSR count). The average molecular weight is 443 g/mol. The van der Waals surface area contributed by atoms with Crippen LogP contribution in [-0.4, -0.2) is 58.8 Å². The molecular weight excluding hydrogens is 416 g/mol. The van der Waals surface area contributed by atoms with Crippen molar-refractivity contribution in [3.63, 3.8) is 0 Å². The molecule has 2 aromatic heterocycles. The predicted octanol–water partition coefficient (Wildman–Crippen LogP) is 4.10. The molecule has 7 heteroatoms. The van der Waals surface area contributed by atoms with E-state index >= 15 is 0 Å². The highest BCUT2D eigenvalue weighted by Gasteiger charge is 2.26. The number of hydrogen-bond acceptors (Lipinski definition) is 5. The van der Waals surface area contributed by atoms with Crippen molar-refractivity contribution < 1.29 is 13.9 Å². The Morgan fingerprint density at radius 3 is 2.39 bits per heavy atom. The molecule has 0 N–H and O–H groups in total. The van der Waals surface area contributed by atoms with Gasteiger partial charge >= 0.3 is 0 Å². The van der Waals surface area contributed by atoms with Crippen LogP contribution in [0.3, 0.4) is 0 Å². The first-order chi connectivity index (χ1) is 16.2. The normalized spacial score (nSPS) is 14.4. The Kier molecular flexibility index (Phi) is 5.95. The molecule has 1 aliphatic rings. The van der Waals surface area contributed by atoms with E-state index in [1.165, 1.54) is 5.56 Å². The van der Waals surface area contributed by atoms with Gasteiger partial charge in [-0.05, 0) is 42.0 Å². The van der Waals surface area contributed by atoms with Gasteiger partial charge in [0.15, 0.2) is 5.76 Å². The van der Waals surface area contributed by atoms with Crippen LogP contribution in [0, 0.1) is 0 Å². The van der Waals surface area contributed by atoms with E-state index in [1.54, 1.807) is 18.1 Å². The highest BCUT2D eigenvalue weighted by atomic mass is 16.5. The summed E-state index contributed by atoms with van der Waals surface area (Å²) in [7, 11) is 1.63. The van der Waals surface area contributed by atoms with Crippen molar-refractivity contribution in [2.75, 3.05) is 33.3 Å². The van der Waals surface area contributed by atoms with Crippen LogP contribution in [0.2, 0.25) is 0 Å². The fourth-order valence-electron chi connectivity index (χ4n) is 4.11. The van der Waals surface area contributed by atoms with Gasteiger partial charge in [-0.15, -0.1) is 0 Å². The number of hydrogen-bond donors (Lipinski definition) is 0. The molecule has 0 unspecified atom stereocenters. The predicted molar refractivity (Wildman–Crippen MR) is 125 cm³/mol. The van der Waals surface area contributed by atoms with Gasteiger partial charge in [-0.2, -0.15) is 5.10 Å². The van der Waals surface area contributed by atoms with Crippen LogP contribution < -0.4 is 4.74 Å². The van der Waals surface area contributed by atoms with Gasteiger partial charge in [0.25, 0.3) is 5.91 Å². The molecule has 168 valence electrons. The van der Waals surface area contributed by atoms with Crippen LogP contribution in [0.1, 0.15) is 16.1 Å². The number of piperazine rings is 1. The lowest BCUT2D eigenvalue weighted by atomic mass is 10.2. The van der Waals surface area contributed by atoms with Crippen molar-refractivity contribution in [2.45, 2.75) is 6.54 Å². The summed E-state index contributed by atoms with van der Waals surface area (Å²) in [5.41, 5.74) is 3.22. The molecule has 3 heterocycles. The molecule has 2 aromatic carbocycles. The molecule has 0 radical (unpaired) electrons. The highest BCUT2D eigenvalue weighted by molar-refractivity contribution is 5.94. The van der Waals surface area contributed by atoms with Crippen molar-refractivity contribution >= 4 is 5.91 Å². The minimum atomic E-state index is -0.0320. The van der Waals surface area contributed by atoms with Crippen molar-refractivity contribution in [3.8, 4) is 22.9 Å². The lowest BCUT2D eigenvalue weighted by Crippen LogP contribution is -2.48. The van der Waals surface area contributed by atoms with Crippen molar-refractivity contribution in [1.82, 2.24) is 19.6 Å².